The van der Waals surface area contributed by atoms with E-state index in [0.29, 0.717) is 6.42 Å². The fourth-order valence-corrected chi connectivity index (χ4v) is 5.81. The zero-order valence-electron chi connectivity index (χ0n) is 13.2. The SMILES string of the molecule is C=CCC(C=C)(OC(=O)C(=C)Cl)C12CC3CC(CC(C3)C1)C2. The molecule has 4 rings (SSSR count). The van der Waals surface area contributed by atoms with Crippen molar-refractivity contribution in [2.45, 2.75) is 50.5 Å². The highest BCUT2D eigenvalue weighted by atomic mass is 35.5. The van der Waals surface area contributed by atoms with Crippen LogP contribution in [0.2, 0.25) is 0 Å². The minimum atomic E-state index is -0.695. The highest BCUT2D eigenvalue weighted by Crippen LogP contribution is 2.65. The van der Waals surface area contributed by atoms with Crippen LogP contribution in [0.5, 0.6) is 0 Å². The van der Waals surface area contributed by atoms with Crippen LogP contribution in [0.15, 0.2) is 36.9 Å². The van der Waals surface area contributed by atoms with Crippen molar-refractivity contribution in [3.05, 3.63) is 36.9 Å². The zero-order valence-corrected chi connectivity index (χ0v) is 13.9. The van der Waals surface area contributed by atoms with Gasteiger partial charge in [-0.1, -0.05) is 30.8 Å². The van der Waals surface area contributed by atoms with Crippen molar-refractivity contribution in [3.8, 4) is 0 Å². The molecule has 4 saturated carbocycles. The molecule has 120 valence electrons. The first kappa shape index (κ1) is 15.9. The molecular formula is C19H25ClO2. The van der Waals surface area contributed by atoms with Gasteiger partial charge in [-0.15, -0.1) is 6.58 Å². The fourth-order valence-electron chi connectivity index (χ4n) is 5.77. The molecule has 4 bridgehead atoms. The van der Waals surface area contributed by atoms with Crippen LogP contribution < -0.4 is 0 Å². The number of hydrogen-bond donors (Lipinski definition) is 0. The summed E-state index contributed by atoms with van der Waals surface area (Å²) < 4.78 is 5.91. The van der Waals surface area contributed by atoms with E-state index in [9.17, 15) is 4.79 Å². The van der Waals surface area contributed by atoms with Crippen LogP contribution in [0.4, 0.5) is 0 Å². The Morgan fingerprint density at radius 3 is 2.05 bits per heavy atom. The van der Waals surface area contributed by atoms with Crippen molar-refractivity contribution in [1.29, 1.82) is 0 Å². The maximum absolute atomic E-state index is 12.1. The zero-order chi connectivity index (χ0) is 16.0. The summed E-state index contributed by atoms with van der Waals surface area (Å²) in [5, 5.41) is -0.0694. The highest BCUT2D eigenvalue weighted by Gasteiger charge is 2.60. The Morgan fingerprint density at radius 2 is 1.68 bits per heavy atom. The molecule has 0 aromatic rings. The minimum Gasteiger partial charge on any atom is -0.450 e. The van der Waals surface area contributed by atoms with Gasteiger partial charge in [-0.05, 0) is 62.4 Å². The third kappa shape index (κ3) is 2.36. The first-order valence-corrected chi connectivity index (χ1v) is 8.63. The van der Waals surface area contributed by atoms with Crippen LogP contribution in [-0.4, -0.2) is 11.6 Å². The van der Waals surface area contributed by atoms with E-state index in [1.807, 2.05) is 12.2 Å². The number of halogens is 1. The predicted octanol–water partition coefficient (Wildman–Crippen LogP) is 5.00. The van der Waals surface area contributed by atoms with Crippen molar-refractivity contribution in [1.82, 2.24) is 0 Å². The summed E-state index contributed by atoms with van der Waals surface area (Å²) in [7, 11) is 0. The molecule has 0 spiro atoms. The summed E-state index contributed by atoms with van der Waals surface area (Å²) in [4.78, 5) is 12.1. The van der Waals surface area contributed by atoms with Crippen LogP contribution in [0, 0.1) is 23.2 Å². The summed E-state index contributed by atoms with van der Waals surface area (Å²) in [6, 6.07) is 0. The minimum absolute atomic E-state index is 0.000309. The van der Waals surface area contributed by atoms with Crippen molar-refractivity contribution in [2.24, 2.45) is 23.2 Å². The third-order valence-corrected chi connectivity index (χ3v) is 6.36. The lowest BCUT2D eigenvalue weighted by atomic mass is 9.45. The number of carbonyl (C=O) groups is 1. The number of hydrogen-bond acceptors (Lipinski definition) is 2. The van der Waals surface area contributed by atoms with E-state index in [1.54, 1.807) is 0 Å². The summed E-state index contributed by atoms with van der Waals surface area (Å²) in [5.41, 5.74) is -0.695. The molecule has 3 heteroatoms. The fraction of sp³-hybridized carbons (Fsp3) is 0.632. The van der Waals surface area contributed by atoms with Gasteiger partial charge in [0.1, 0.15) is 10.6 Å². The Balaban J connectivity index is 1.97. The second-order valence-electron chi connectivity index (χ2n) is 7.58. The van der Waals surface area contributed by atoms with Gasteiger partial charge in [-0.25, -0.2) is 4.79 Å². The Morgan fingerprint density at radius 1 is 1.18 bits per heavy atom. The van der Waals surface area contributed by atoms with Crippen LogP contribution in [0.1, 0.15) is 44.9 Å². The average Bonchev–Trinajstić information content (AvgIpc) is 2.44. The largest absolute Gasteiger partial charge is 0.450 e. The second-order valence-corrected chi connectivity index (χ2v) is 8.03. The van der Waals surface area contributed by atoms with Crippen molar-refractivity contribution < 1.29 is 9.53 Å². The Kier molecular flexibility index (Phi) is 4.01. The van der Waals surface area contributed by atoms with E-state index >= 15 is 0 Å². The molecule has 0 N–H and O–H groups in total. The lowest BCUT2D eigenvalue weighted by Gasteiger charge is -2.62. The molecule has 22 heavy (non-hydrogen) atoms. The maximum atomic E-state index is 12.1. The second kappa shape index (κ2) is 5.56. The van der Waals surface area contributed by atoms with Crippen LogP contribution in [0.3, 0.4) is 0 Å². The molecule has 0 aromatic carbocycles. The van der Waals surface area contributed by atoms with Gasteiger partial charge in [0.25, 0.3) is 0 Å². The van der Waals surface area contributed by atoms with E-state index in [0.717, 1.165) is 37.0 Å². The van der Waals surface area contributed by atoms with Crippen molar-refractivity contribution >= 4 is 17.6 Å². The van der Waals surface area contributed by atoms with Crippen molar-refractivity contribution in [3.63, 3.8) is 0 Å². The normalized spacial score (nSPS) is 38.1. The summed E-state index contributed by atoms with van der Waals surface area (Å²) in [6.07, 6.45) is 11.7. The molecule has 0 saturated heterocycles. The van der Waals surface area contributed by atoms with Crippen molar-refractivity contribution in [2.75, 3.05) is 0 Å². The van der Waals surface area contributed by atoms with E-state index in [1.165, 1.54) is 19.3 Å². The summed E-state index contributed by atoms with van der Waals surface area (Å²) in [5.74, 6) is 1.79. The van der Waals surface area contributed by atoms with Gasteiger partial charge in [-0.3, -0.25) is 0 Å². The van der Waals surface area contributed by atoms with E-state index in [4.69, 9.17) is 16.3 Å². The lowest BCUT2D eigenvalue weighted by Crippen LogP contribution is -2.59. The van der Waals surface area contributed by atoms with Crippen LogP contribution in [0.25, 0.3) is 0 Å². The Labute approximate surface area is 138 Å². The topological polar surface area (TPSA) is 26.3 Å². The van der Waals surface area contributed by atoms with Crippen LogP contribution in [-0.2, 0) is 9.53 Å². The molecule has 0 amide bonds. The van der Waals surface area contributed by atoms with E-state index < -0.39 is 11.6 Å². The smallest absolute Gasteiger partial charge is 0.350 e. The lowest BCUT2D eigenvalue weighted by molar-refractivity contribution is -0.189. The molecule has 1 unspecified atom stereocenters. The Bertz CT molecular complexity index is 486. The van der Waals surface area contributed by atoms with Gasteiger partial charge < -0.3 is 4.74 Å². The maximum Gasteiger partial charge on any atom is 0.350 e. The third-order valence-electron chi connectivity index (χ3n) is 6.21. The number of rotatable bonds is 6. The number of esters is 1. The molecular weight excluding hydrogens is 296 g/mol. The highest BCUT2D eigenvalue weighted by molar-refractivity contribution is 6.40. The average molecular weight is 321 g/mol. The first-order chi connectivity index (χ1) is 10.4. The van der Waals surface area contributed by atoms with Gasteiger partial charge in [0.2, 0.25) is 0 Å². The first-order valence-electron chi connectivity index (χ1n) is 8.26. The quantitative estimate of drug-likeness (QED) is 0.391. The molecule has 4 fully saturated rings. The van der Waals surface area contributed by atoms with Gasteiger partial charge in [-0.2, -0.15) is 0 Å². The predicted molar refractivity (Wildman–Crippen MR) is 89.4 cm³/mol. The molecule has 2 nitrogen and oxygen atoms in total. The van der Waals surface area contributed by atoms with Gasteiger partial charge in [0.15, 0.2) is 0 Å². The molecule has 4 aliphatic rings. The Hall–Kier alpha value is -1.02. The molecule has 1 atom stereocenters. The molecule has 0 aliphatic heterocycles. The van der Waals surface area contributed by atoms with Crippen LogP contribution >= 0.6 is 11.6 Å². The summed E-state index contributed by atoms with van der Waals surface area (Å²) in [6.45, 7) is 11.4. The van der Waals surface area contributed by atoms with Gasteiger partial charge >= 0.3 is 5.97 Å². The molecule has 4 aliphatic carbocycles. The molecule has 0 aromatic heterocycles. The number of ether oxygens (including phenoxy) is 1. The standard InChI is InChI=1S/C19H25ClO2/c1-4-6-19(5-2,22-17(21)13(3)20)18-10-14-7-15(11-18)9-16(8-14)12-18/h4-5,14-16H,1-3,6-12H2. The monoisotopic (exact) mass is 320 g/mol. The van der Waals surface area contributed by atoms with Gasteiger partial charge in [0.05, 0.1) is 0 Å². The van der Waals surface area contributed by atoms with E-state index in [2.05, 4.69) is 19.7 Å². The molecule has 0 heterocycles. The van der Waals surface area contributed by atoms with Gasteiger partial charge in [0, 0.05) is 11.8 Å². The number of carbonyl (C=O) groups excluding carboxylic acids is 1. The van der Waals surface area contributed by atoms with E-state index in [-0.39, 0.29) is 10.4 Å². The summed E-state index contributed by atoms with van der Waals surface area (Å²) >= 11 is 5.77. The molecule has 0 radical (unpaired) electrons.